The van der Waals surface area contributed by atoms with Gasteiger partial charge >= 0.3 is 0 Å². The molecule has 0 aromatic carbocycles. The zero-order chi connectivity index (χ0) is 16.6. The summed E-state index contributed by atoms with van der Waals surface area (Å²) in [7, 11) is 2.25. The van der Waals surface area contributed by atoms with Crippen molar-refractivity contribution in [1.29, 1.82) is 0 Å². The van der Waals surface area contributed by atoms with Crippen LogP contribution in [0.5, 0.6) is 0 Å². The first-order valence-corrected chi connectivity index (χ1v) is 10.2. The SMILES string of the molecule is CN1CCN(Cc2cscn2)C[C@]12CCC(=O)N(CC1CC1)CC2. The molecule has 2 aliphatic heterocycles. The fourth-order valence-electron chi connectivity index (χ4n) is 4.26. The number of thiazole rings is 1. The summed E-state index contributed by atoms with van der Waals surface area (Å²) in [6, 6.07) is 0. The summed E-state index contributed by atoms with van der Waals surface area (Å²) in [6.07, 6.45) is 5.45. The van der Waals surface area contributed by atoms with E-state index in [1.165, 1.54) is 18.5 Å². The van der Waals surface area contributed by atoms with Crippen LogP contribution < -0.4 is 0 Å². The first-order chi connectivity index (χ1) is 11.6. The van der Waals surface area contributed by atoms with Crippen molar-refractivity contribution in [3.05, 3.63) is 16.6 Å². The van der Waals surface area contributed by atoms with E-state index in [4.69, 9.17) is 0 Å². The van der Waals surface area contributed by atoms with E-state index in [9.17, 15) is 4.79 Å². The number of amides is 1. The Labute approximate surface area is 148 Å². The van der Waals surface area contributed by atoms with Crippen LogP contribution in [0.1, 0.15) is 37.8 Å². The molecule has 2 saturated heterocycles. The summed E-state index contributed by atoms with van der Waals surface area (Å²) >= 11 is 1.67. The Hall–Kier alpha value is -0.980. The van der Waals surface area contributed by atoms with Gasteiger partial charge in [0.25, 0.3) is 0 Å². The number of likely N-dealkylation sites (N-methyl/N-ethyl adjacent to an activating group) is 1. The quantitative estimate of drug-likeness (QED) is 0.835. The lowest BCUT2D eigenvalue weighted by molar-refractivity contribution is -0.131. The highest BCUT2D eigenvalue weighted by Crippen LogP contribution is 2.35. The molecule has 1 saturated carbocycles. The number of hydrogen-bond donors (Lipinski definition) is 0. The van der Waals surface area contributed by atoms with Crippen LogP contribution in [0.4, 0.5) is 0 Å². The molecule has 1 aliphatic carbocycles. The summed E-state index contributed by atoms with van der Waals surface area (Å²) in [5.74, 6) is 1.16. The van der Waals surface area contributed by atoms with E-state index >= 15 is 0 Å². The van der Waals surface area contributed by atoms with Crippen LogP contribution >= 0.6 is 11.3 Å². The van der Waals surface area contributed by atoms with Crippen LogP contribution in [-0.2, 0) is 11.3 Å². The predicted molar refractivity (Wildman–Crippen MR) is 95.9 cm³/mol. The molecule has 3 heterocycles. The topological polar surface area (TPSA) is 39.7 Å². The van der Waals surface area contributed by atoms with Crippen LogP contribution in [0, 0.1) is 5.92 Å². The molecule has 1 atom stereocenters. The average molecular weight is 349 g/mol. The van der Waals surface area contributed by atoms with Crippen molar-refractivity contribution in [1.82, 2.24) is 19.7 Å². The fourth-order valence-corrected chi connectivity index (χ4v) is 4.81. The molecule has 3 aliphatic rings. The summed E-state index contributed by atoms with van der Waals surface area (Å²) in [5, 5.41) is 2.15. The molecule has 0 radical (unpaired) electrons. The highest BCUT2D eigenvalue weighted by molar-refractivity contribution is 7.07. The Morgan fingerprint density at radius 1 is 1.29 bits per heavy atom. The Kier molecular flexibility index (Phi) is 4.62. The van der Waals surface area contributed by atoms with Gasteiger partial charge in [0.2, 0.25) is 5.91 Å². The molecule has 1 amide bonds. The molecule has 0 unspecified atom stereocenters. The van der Waals surface area contributed by atoms with Gasteiger partial charge in [-0.3, -0.25) is 14.6 Å². The van der Waals surface area contributed by atoms with Crippen molar-refractivity contribution in [3.8, 4) is 0 Å². The minimum absolute atomic E-state index is 0.155. The zero-order valence-electron chi connectivity index (χ0n) is 14.6. The molecule has 3 fully saturated rings. The van der Waals surface area contributed by atoms with Gasteiger partial charge in [0, 0.05) is 56.6 Å². The summed E-state index contributed by atoms with van der Waals surface area (Å²) in [4.78, 5) is 24.2. The molecule has 0 N–H and O–H groups in total. The summed E-state index contributed by atoms with van der Waals surface area (Å²) in [6.45, 7) is 6.12. The second-order valence-electron chi connectivity index (χ2n) is 7.87. The van der Waals surface area contributed by atoms with Crippen molar-refractivity contribution < 1.29 is 4.79 Å². The maximum Gasteiger partial charge on any atom is 0.222 e. The van der Waals surface area contributed by atoms with Gasteiger partial charge in [0.05, 0.1) is 11.2 Å². The third kappa shape index (κ3) is 3.51. The molecule has 24 heavy (non-hydrogen) atoms. The van der Waals surface area contributed by atoms with Crippen molar-refractivity contribution in [2.45, 2.75) is 44.2 Å². The number of carbonyl (C=O) groups is 1. The standard InChI is InChI=1S/C18H28N4OS/c1-20-8-9-21(11-16-12-24-14-19-16)13-18(20)5-4-17(23)22(7-6-18)10-15-2-3-15/h12,14-15H,2-11,13H2,1H3/t18-/m1/s1. The first-order valence-electron chi connectivity index (χ1n) is 9.23. The fraction of sp³-hybridized carbons (Fsp3) is 0.778. The number of aromatic nitrogens is 1. The second kappa shape index (κ2) is 6.73. The van der Waals surface area contributed by atoms with Crippen LogP contribution in [0.25, 0.3) is 0 Å². The minimum Gasteiger partial charge on any atom is -0.342 e. The van der Waals surface area contributed by atoms with Gasteiger partial charge in [-0.25, -0.2) is 4.98 Å². The van der Waals surface area contributed by atoms with Gasteiger partial charge in [0.15, 0.2) is 0 Å². The normalized spacial score (nSPS) is 30.0. The van der Waals surface area contributed by atoms with Gasteiger partial charge in [-0.05, 0) is 38.6 Å². The van der Waals surface area contributed by atoms with E-state index in [0.29, 0.717) is 12.3 Å². The lowest BCUT2D eigenvalue weighted by atomic mass is 9.86. The monoisotopic (exact) mass is 348 g/mol. The van der Waals surface area contributed by atoms with E-state index < -0.39 is 0 Å². The molecule has 132 valence electrons. The Morgan fingerprint density at radius 3 is 2.92 bits per heavy atom. The molecule has 1 spiro atoms. The maximum absolute atomic E-state index is 12.5. The molecular formula is C18H28N4OS. The van der Waals surface area contributed by atoms with Crippen LogP contribution in [0.2, 0.25) is 0 Å². The smallest absolute Gasteiger partial charge is 0.222 e. The van der Waals surface area contributed by atoms with E-state index in [1.54, 1.807) is 11.3 Å². The summed E-state index contributed by atoms with van der Waals surface area (Å²) in [5.41, 5.74) is 3.25. The number of likely N-dealkylation sites (tertiary alicyclic amines) is 1. The zero-order valence-corrected chi connectivity index (χ0v) is 15.4. The van der Waals surface area contributed by atoms with E-state index in [-0.39, 0.29) is 5.54 Å². The third-order valence-corrected chi connectivity index (χ3v) is 6.76. The molecule has 5 nitrogen and oxygen atoms in total. The Morgan fingerprint density at radius 2 is 2.17 bits per heavy atom. The highest BCUT2D eigenvalue weighted by atomic mass is 32.1. The van der Waals surface area contributed by atoms with Crippen LogP contribution in [0.15, 0.2) is 10.9 Å². The number of piperazine rings is 1. The number of carbonyl (C=O) groups excluding carboxylic acids is 1. The number of rotatable bonds is 4. The summed E-state index contributed by atoms with van der Waals surface area (Å²) < 4.78 is 0. The van der Waals surface area contributed by atoms with Crippen LogP contribution in [0.3, 0.4) is 0 Å². The molecule has 4 rings (SSSR count). The van der Waals surface area contributed by atoms with Crippen molar-refractivity contribution in [3.63, 3.8) is 0 Å². The number of hydrogen-bond acceptors (Lipinski definition) is 5. The van der Waals surface area contributed by atoms with Crippen LogP contribution in [-0.4, -0.2) is 70.9 Å². The molecule has 1 aromatic heterocycles. The van der Waals surface area contributed by atoms with E-state index in [0.717, 1.165) is 58.0 Å². The molecule has 0 bridgehead atoms. The molecular weight excluding hydrogens is 320 g/mol. The van der Waals surface area contributed by atoms with Gasteiger partial charge in [-0.15, -0.1) is 11.3 Å². The number of nitrogens with zero attached hydrogens (tertiary/aromatic N) is 4. The Balaban J connectivity index is 1.44. The van der Waals surface area contributed by atoms with E-state index in [1.807, 2.05) is 5.51 Å². The molecule has 1 aromatic rings. The van der Waals surface area contributed by atoms with Gasteiger partial charge in [0.1, 0.15) is 0 Å². The predicted octanol–water partition coefficient (Wildman–Crippen LogP) is 2.05. The van der Waals surface area contributed by atoms with Crippen molar-refractivity contribution in [2.75, 3.05) is 39.8 Å². The van der Waals surface area contributed by atoms with Gasteiger partial charge < -0.3 is 4.90 Å². The first kappa shape index (κ1) is 16.5. The molecule has 6 heteroatoms. The van der Waals surface area contributed by atoms with Crippen molar-refractivity contribution >= 4 is 17.2 Å². The third-order valence-electron chi connectivity index (χ3n) is 6.13. The highest BCUT2D eigenvalue weighted by Gasteiger charge is 2.42. The lowest BCUT2D eigenvalue weighted by Crippen LogP contribution is -2.60. The van der Waals surface area contributed by atoms with Crippen molar-refractivity contribution in [2.24, 2.45) is 5.92 Å². The Bertz CT molecular complexity index is 574. The second-order valence-corrected chi connectivity index (χ2v) is 8.59. The van der Waals surface area contributed by atoms with E-state index in [2.05, 4.69) is 32.1 Å². The maximum atomic E-state index is 12.5. The largest absolute Gasteiger partial charge is 0.342 e. The average Bonchev–Trinajstić information content (AvgIpc) is 3.28. The minimum atomic E-state index is 0.155. The van der Waals surface area contributed by atoms with Gasteiger partial charge in [-0.1, -0.05) is 0 Å². The van der Waals surface area contributed by atoms with Gasteiger partial charge in [-0.2, -0.15) is 0 Å². The lowest BCUT2D eigenvalue weighted by Gasteiger charge is -2.49.